The molecule has 0 saturated carbocycles. The molecule has 3 aromatic carbocycles. The zero-order valence-corrected chi connectivity index (χ0v) is 17.9. The molecule has 168 valence electrons. The fraction of sp³-hybridized carbons (Fsp3) is 0.0455. The normalized spacial score (nSPS) is 10.6. The van der Waals surface area contributed by atoms with E-state index in [9.17, 15) is 24.8 Å². The Bertz CT molecular complexity index is 1240. The zero-order valence-electron chi connectivity index (χ0n) is 17.1. The highest BCUT2D eigenvalue weighted by molar-refractivity contribution is 6.31. The quantitative estimate of drug-likeness (QED) is 0.272. The summed E-state index contributed by atoms with van der Waals surface area (Å²) >= 11 is 5.89. The molecule has 0 fully saturated rings. The van der Waals surface area contributed by atoms with Crippen LogP contribution in [0.1, 0.15) is 26.3 Å². The van der Waals surface area contributed by atoms with Crippen LogP contribution in [0.3, 0.4) is 0 Å². The Balaban J connectivity index is 1.65. The van der Waals surface area contributed by atoms with Crippen molar-refractivity contribution in [3.8, 4) is 11.5 Å². The van der Waals surface area contributed by atoms with Crippen molar-refractivity contribution >= 4 is 41.0 Å². The summed E-state index contributed by atoms with van der Waals surface area (Å²) in [6, 6.07) is 14.7. The Labute approximate surface area is 192 Å². The van der Waals surface area contributed by atoms with E-state index in [4.69, 9.17) is 16.3 Å². The van der Waals surface area contributed by atoms with Crippen LogP contribution in [-0.4, -0.2) is 35.2 Å². The highest BCUT2D eigenvalue weighted by Crippen LogP contribution is 2.33. The van der Waals surface area contributed by atoms with E-state index in [1.54, 1.807) is 30.3 Å². The van der Waals surface area contributed by atoms with Gasteiger partial charge in [0.2, 0.25) is 0 Å². The molecule has 0 aliphatic rings. The molecule has 10 nitrogen and oxygen atoms in total. The minimum atomic E-state index is -0.648. The van der Waals surface area contributed by atoms with Crippen LogP contribution in [0.5, 0.6) is 11.5 Å². The van der Waals surface area contributed by atoms with Crippen molar-refractivity contribution in [2.45, 2.75) is 0 Å². The Morgan fingerprint density at radius 2 is 1.82 bits per heavy atom. The Morgan fingerprint density at radius 1 is 1.09 bits per heavy atom. The standard InChI is InChI=1S/C22H17ClN4O6/c1-33-19-11-18(27(31)32)10-15(20(19)28)12-24-26-22(30)13-5-7-17(8-6-13)25-21(29)14-3-2-4-16(23)9-14/h2-12,28H,1H3,(H,25,29)(H,26,30). The van der Waals surface area contributed by atoms with Gasteiger partial charge in [-0.15, -0.1) is 0 Å². The Kier molecular flexibility index (Phi) is 7.21. The summed E-state index contributed by atoms with van der Waals surface area (Å²) in [6.07, 6.45) is 1.06. The number of amides is 2. The number of nitro groups is 1. The average molecular weight is 469 g/mol. The van der Waals surface area contributed by atoms with Crippen LogP contribution in [0, 0.1) is 10.1 Å². The van der Waals surface area contributed by atoms with Gasteiger partial charge in [-0.05, 0) is 42.5 Å². The topological polar surface area (TPSA) is 143 Å². The molecule has 3 rings (SSSR count). The number of hydrazone groups is 1. The summed E-state index contributed by atoms with van der Waals surface area (Å²) in [4.78, 5) is 34.9. The molecule has 0 radical (unpaired) electrons. The molecule has 0 unspecified atom stereocenters. The number of halogens is 1. The van der Waals surface area contributed by atoms with Crippen LogP contribution >= 0.6 is 11.6 Å². The third-order valence-electron chi connectivity index (χ3n) is 4.38. The van der Waals surface area contributed by atoms with Crippen molar-refractivity contribution in [3.05, 3.63) is 92.5 Å². The van der Waals surface area contributed by atoms with Crippen molar-refractivity contribution in [2.24, 2.45) is 5.10 Å². The minimum absolute atomic E-state index is 0.0135. The van der Waals surface area contributed by atoms with Gasteiger partial charge in [-0.3, -0.25) is 19.7 Å². The first-order valence-electron chi connectivity index (χ1n) is 9.34. The summed E-state index contributed by atoms with van der Waals surface area (Å²) in [5.41, 5.74) is 3.03. The lowest BCUT2D eigenvalue weighted by Gasteiger charge is -2.07. The van der Waals surface area contributed by atoms with Gasteiger partial charge in [0.1, 0.15) is 0 Å². The van der Waals surface area contributed by atoms with Crippen LogP contribution in [-0.2, 0) is 0 Å². The average Bonchev–Trinajstić information content (AvgIpc) is 2.80. The number of ether oxygens (including phenoxy) is 1. The number of hydrogen-bond acceptors (Lipinski definition) is 7. The molecule has 0 aliphatic carbocycles. The number of nitrogens with one attached hydrogen (secondary N) is 2. The molecule has 3 aromatic rings. The highest BCUT2D eigenvalue weighted by atomic mass is 35.5. The summed E-state index contributed by atoms with van der Waals surface area (Å²) < 4.78 is 4.91. The summed E-state index contributed by atoms with van der Waals surface area (Å²) in [6.45, 7) is 0. The van der Waals surface area contributed by atoms with Gasteiger partial charge >= 0.3 is 0 Å². The van der Waals surface area contributed by atoms with E-state index in [-0.39, 0.29) is 34.2 Å². The van der Waals surface area contributed by atoms with E-state index >= 15 is 0 Å². The first kappa shape index (κ1) is 23.2. The highest BCUT2D eigenvalue weighted by Gasteiger charge is 2.16. The van der Waals surface area contributed by atoms with Gasteiger partial charge in [0.05, 0.1) is 24.3 Å². The number of phenolic OH excluding ortho intramolecular Hbond substituents is 1. The molecule has 0 spiro atoms. The Morgan fingerprint density at radius 3 is 2.45 bits per heavy atom. The lowest BCUT2D eigenvalue weighted by molar-refractivity contribution is -0.385. The maximum atomic E-state index is 12.3. The molecule has 0 aliphatic heterocycles. The second kappa shape index (κ2) is 10.2. The molecule has 0 bridgehead atoms. The van der Waals surface area contributed by atoms with Crippen molar-refractivity contribution in [2.75, 3.05) is 12.4 Å². The van der Waals surface area contributed by atoms with Gasteiger partial charge in [-0.1, -0.05) is 17.7 Å². The number of anilines is 1. The van der Waals surface area contributed by atoms with Crippen molar-refractivity contribution in [1.29, 1.82) is 0 Å². The molecule has 11 heteroatoms. The van der Waals surface area contributed by atoms with Gasteiger partial charge in [0, 0.05) is 33.5 Å². The second-order valence-electron chi connectivity index (χ2n) is 6.58. The second-order valence-corrected chi connectivity index (χ2v) is 7.02. The molecule has 2 amide bonds. The van der Waals surface area contributed by atoms with E-state index in [1.807, 2.05) is 0 Å². The predicted octanol–water partition coefficient (Wildman–Crippen LogP) is 3.98. The van der Waals surface area contributed by atoms with E-state index in [0.29, 0.717) is 16.3 Å². The zero-order chi connectivity index (χ0) is 24.0. The summed E-state index contributed by atoms with van der Waals surface area (Å²) in [7, 11) is 1.25. The maximum Gasteiger partial charge on any atom is 0.274 e. The molecule has 0 saturated heterocycles. The van der Waals surface area contributed by atoms with Gasteiger partial charge in [0.15, 0.2) is 11.5 Å². The fourth-order valence-corrected chi connectivity index (χ4v) is 2.93. The number of benzene rings is 3. The first-order valence-corrected chi connectivity index (χ1v) is 9.72. The van der Waals surface area contributed by atoms with Crippen LogP contribution in [0.4, 0.5) is 11.4 Å². The number of carbonyl (C=O) groups excluding carboxylic acids is 2. The van der Waals surface area contributed by atoms with Crippen molar-refractivity contribution < 1.29 is 24.4 Å². The smallest absolute Gasteiger partial charge is 0.274 e. The largest absolute Gasteiger partial charge is 0.504 e. The summed E-state index contributed by atoms with van der Waals surface area (Å²) in [5.74, 6) is -1.39. The first-order chi connectivity index (χ1) is 15.8. The molecule has 33 heavy (non-hydrogen) atoms. The fourth-order valence-electron chi connectivity index (χ4n) is 2.74. The molecule has 0 atom stereocenters. The monoisotopic (exact) mass is 468 g/mol. The lowest BCUT2D eigenvalue weighted by Crippen LogP contribution is -2.18. The number of aromatic hydroxyl groups is 1. The molecule has 0 aromatic heterocycles. The van der Waals surface area contributed by atoms with E-state index < -0.39 is 10.8 Å². The number of carbonyl (C=O) groups is 2. The Hall–Kier alpha value is -4.44. The van der Waals surface area contributed by atoms with Gasteiger partial charge in [-0.25, -0.2) is 5.43 Å². The number of rotatable bonds is 7. The predicted molar refractivity (Wildman–Crippen MR) is 122 cm³/mol. The van der Waals surface area contributed by atoms with Crippen molar-refractivity contribution in [3.63, 3.8) is 0 Å². The third-order valence-corrected chi connectivity index (χ3v) is 4.62. The number of phenols is 1. The van der Waals surface area contributed by atoms with Crippen LogP contribution in [0.15, 0.2) is 65.8 Å². The summed E-state index contributed by atoms with van der Waals surface area (Å²) in [5, 5.41) is 28.0. The van der Waals surface area contributed by atoms with Crippen LogP contribution < -0.4 is 15.5 Å². The maximum absolute atomic E-state index is 12.3. The van der Waals surface area contributed by atoms with Gasteiger partial charge in [0.25, 0.3) is 17.5 Å². The molecular formula is C22H17ClN4O6. The van der Waals surface area contributed by atoms with E-state index in [2.05, 4.69) is 15.8 Å². The number of nitrogens with zero attached hydrogens (tertiary/aromatic N) is 2. The number of nitro benzene ring substituents is 1. The molecule has 0 heterocycles. The molecular weight excluding hydrogens is 452 g/mol. The van der Waals surface area contributed by atoms with Crippen LogP contribution in [0.25, 0.3) is 0 Å². The van der Waals surface area contributed by atoms with E-state index in [1.165, 1.54) is 25.3 Å². The van der Waals surface area contributed by atoms with Crippen LogP contribution in [0.2, 0.25) is 5.02 Å². The van der Waals surface area contributed by atoms with Gasteiger partial charge in [-0.2, -0.15) is 5.10 Å². The number of methoxy groups -OCH3 is 1. The van der Waals surface area contributed by atoms with E-state index in [0.717, 1.165) is 18.3 Å². The SMILES string of the molecule is COc1cc([N+](=O)[O-])cc(C=NNC(=O)c2ccc(NC(=O)c3cccc(Cl)c3)cc2)c1O. The number of hydrogen-bond donors (Lipinski definition) is 3. The third kappa shape index (κ3) is 5.83. The lowest BCUT2D eigenvalue weighted by atomic mass is 10.1. The molecule has 3 N–H and O–H groups in total. The minimum Gasteiger partial charge on any atom is -0.504 e. The van der Waals surface area contributed by atoms with Gasteiger partial charge < -0.3 is 15.2 Å². The van der Waals surface area contributed by atoms with Crippen molar-refractivity contribution in [1.82, 2.24) is 5.43 Å². The number of non-ortho nitro benzene ring substituents is 1.